The number of nitrogens with one attached hydrogen (secondary N) is 1. The summed E-state index contributed by atoms with van der Waals surface area (Å²) in [5.74, 6) is -0.476. The first-order chi connectivity index (χ1) is 11.9. The van der Waals surface area contributed by atoms with Gasteiger partial charge in [0.25, 0.3) is 5.91 Å². The summed E-state index contributed by atoms with van der Waals surface area (Å²) in [4.78, 5) is 12.4. The van der Waals surface area contributed by atoms with Crippen LogP contribution in [0.1, 0.15) is 16.1 Å². The number of nitrogens with zero attached hydrogens (tertiary/aromatic N) is 4. The van der Waals surface area contributed by atoms with Crippen molar-refractivity contribution in [2.75, 3.05) is 5.32 Å². The highest BCUT2D eigenvalue weighted by atomic mass is 79.9. The Hall–Kier alpha value is -1.71. The Kier molecular flexibility index (Phi) is 5.26. The van der Waals surface area contributed by atoms with E-state index in [1.165, 1.54) is 27.7 Å². The number of anilines is 1. The monoisotopic (exact) mass is 489 g/mol. The maximum absolute atomic E-state index is 13.9. The number of amides is 1. The molecule has 2 heterocycles. The Labute approximate surface area is 164 Å². The zero-order valence-corrected chi connectivity index (χ0v) is 16.7. The molecule has 0 saturated heterocycles. The van der Waals surface area contributed by atoms with Crippen molar-refractivity contribution in [1.29, 1.82) is 0 Å². The molecule has 1 amide bonds. The Morgan fingerprint density at radius 3 is 2.76 bits per heavy atom. The average Bonchev–Trinajstić information content (AvgIpc) is 3.06. The van der Waals surface area contributed by atoms with Gasteiger partial charge in [-0.2, -0.15) is 10.2 Å². The summed E-state index contributed by atoms with van der Waals surface area (Å²) >= 11 is 12.6. The number of rotatable bonds is 4. The summed E-state index contributed by atoms with van der Waals surface area (Å²) in [5.41, 5.74) is 0.685. The van der Waals surface area contributed by atoms with Crippen LogP contribution in [-0.4, -0.2) is 25.5 Å². The van der Waals surface area contributed by atoms with Crippen molar-refractivity contribution in [2.24, 2.45) is 7.05 Å². The molecule has 130 valence electrons. The van der Waals surface area contributed by atoms with E-state index < -0.39 is 5.82 Å². The minimum Gasteiger partial charge on any atom is -0.303 e. The number of halogens is 4. The fourth-order valence-corrected chi connectivity index (χ4v) is 3.41. The van der Waals surface area contributed by atoms with Crippen LogP contribution < -0.4 is 5.32 Å². The molecule has 0 radical (unpaired) electrons. The molecule has 0 atom stereocenters. The SMILES string of the molecule is Cn1ncc(Br)c1C(=O)Nc1nn(Cc2c(F)cccc2Cl)cc1Br. The number of benzene rings is 1. The Balaban J connectivity index is 1.82. The van der Waals surface area contributed by atoms with Crippen LogP contribution in [0, 0.1) is 5.82 Å². The molecular formula is C15H11Br2ClFN5O. The summed E-state index contributed by atoms with van der Waals surface area (Å²) in [6.45, 7) is 0.134. The van der Waals surface area contributed by atoms with Gasteiger partial charge >= 0.3 is 0 Å². The largest absolute Gasteiger partial charge is 0.303 e. The van der Waals surface area contributed by atoms with Crippen LogP contribution in [-0.2, 0) is 13.6 Å². The van der Waals surface area contributed by atoms with E-state index in [9.17, 15) is 9.18 Å². The number of carbonyl (C=O) groups excluding carboxylic acids is 1. The van der Waals surface area contributed by atoms with Gasteiger partial charge in [0.15, 0.2) is 5.82 Å². The summed E-state index contributed by atoms with van der Waals surface area (Å²) in [6.07, 6.45) is 3.17. The van der Waals surface area contributed by atoms with Crippen molar-refractivity contribution in [3.05, 3.63) is 61.6 Å². The van der Waals surface area contributed by atoms with Crippen LogP contribution in [0.15, 0.2) is 39.5 Å². The Morgan fingerprint density at radius 2 is 2.12 bits per heavy atom. The summed E-state index contributed by atoms with van der Waals surface area (Å²) in [5, 5.41) is 11.3. The van der Waals surface area contributed by atoms with Gasteiger partial charge in [-0.25, -0.2) is 4.39 Å². The van der Waals surface area contributed by atoms with Gasteiger partial charge in [0, 0.05) is 23.8 Å². The van der Waals surface area contributed by atoms with E-state index in [0.717, 1.165) is 0 Å². The lowest BCUT2D eigenvalue weighted by Crippen LogP contribution is -2.17. The molecule has 1 N–H and O–H groups in total. The molecule has 0 aliphatic carbocycles. The third-order valence-electron chi connectivity index (χ3n) is 3.44. The lowest BCUT2D eigenvalue weighted by molar-refractivity contribution is 0.101. The molecule has 1 aromatic carbocycles. The molecular weight excluding hydrogens is 480 g/mol. The van der Waals surface area contributed by atoms with Crippen molar-refractivity contribution in [3.8, 4) is 0 Å². The molecule has 0 fully saturated rings. The molecule has 10 heteroatoms. The Bertz CT molecular complexity index is 916. The van der Waals surface area contributed by atoms with E-state index in [2.05, 4.69) is 47.4 Å². The maximum atomic E-state index is 13.9. The lowest BCUT2D eigenvalue weighted by atomic mass is 10.2. The van der Waals surface area contributed by atoms with Crippen LogP contribution in [0.5, 0.6) is 0 Å². The Morgan fingerprint density at radius 1 is 1.36 bits per heavy atom. The normalized spacial score (nSPS) is 10.9. The molecule has 0 aliphatic heterocycles. The third kappa shape index (κ3) is 3.78. The number of hydrogen-bond acceptors (Lipinski definition) is 3. The predicted octanol–water partition coefficient (Wildman–Crippen LogP) is 4.23. The quantitative estimate of drug-likeness (QED) is 0.594. The second-order valence-corrected chi connectivity index (χ2v) is 7.26. The van der Waals surface area contributed by atoms with Gasteiger partial charge in [0.05, 0.1) is 21.7 Å². The van der Waals surface area contributed by atoms with Crippen molar-refractivity contribution >= 4 is 55.2 Å². The molecule has 0 unspecified atom stereocenters. The second-order valence-electron chi connectivity index (χ2n) is 5.14. The van der Waals surface area contributed by atoms with Crippen LogP contribution >= 0.6 is 43.5 Å². The highest BCUT2D eigenvalue weighted by molar-refractivity contribution is 9.11. The molecule has 0 aliphatic rings. The minimum atomic E-state index is -0.413. The number of hydrogen-bond donors (Lipinski definition) is 1. The van der Waals surface area contributed by atoms with Gasteiger partial charge in [0.2, 0.25) is 0 Å². The molecule has 3 rings (SSSR count). The number of aromatic nitrogens is 4. The molecule has 0 spiro atoms. The van der Waals surface area contributed by atoms with Crippen LogP contribution in [0.25, 0.3) is 0 Å². The molecule has 2 aromatic heterocycles. The second kappa shape index (κ2) is 7.27. The van der Waals surface area contributed by atoms with Gasteiger partial charge in [0.1, 0.15) is 11.5 Å². The van der Waals surface area contributed by atoms with Crippen molar-refractivity contribution < 1.29 is 9.18 Å². The minimum absolute atomic E-state index is 0.134. The summed E-state index contributed by atoms with van der Waals surface area (Å²) in [6, 6.07) is 4.49. The fraction of sp³-hybridized carbons (Fsp3) is 0.133. The standard InChI is InChI=1S/C15H11Br2ClFN5O/c1-23-13(9(16)5-20-23)15(25)21-14-10(17)7-24(22-14)6-8-11(18)3-2-4-12(8)19/h2-5,7H,6H2,1H3,(H,21,22,25). The first kappa shape index (κ1) is 18.1. The smallest absolute Gasteiger partial charge is 0.276 e. The van der Waals surface area contributed by atoms with Gasteiger partial charge in [-0.1, -0.05) is 17.7 Å². The van der Waals surface area contributed by atoms with E-state index >= 15 is 0 Å². The first-order valence-corrected chi connectivity index (χ1v) is 8.98. The topological polar surface area (TPSA) is 64.7 Å². The van der Waals surface area contributed by atoms with Crippen molar-refractivity contribution in [3.63, 3.8) is 0 Å². The van der Waals surface area contributed by atoms with E-state index in [1.54, 1.807) is 19.3 Å². The van der Waals surface area contributed by atoms with E-state index in [-0.39, 0.29) is 12.5 Å². The molecule has 25 heavy (non-hydrogen) atoms. The molecule has 3 aromatic rings. The van der Waals surface area contributed by atoms with Crippen LogP contribution in [0.4, 0.5) is 10.2 Å². The molecule has 0 saturated carbocycles. The van der Waals surface area contributed by atoms with E-state index in [0.29, 0.717) is 31.0 Å². The number of carbonyl (C=O) groups is 1. The van der Waals surface area contributed by atoms with E-state index in [4.69, 9.17) is 11.6 Å². The average molecular weight is 492 g/mol. The van der Waals surface area contributed by atoms with Crippen LogP contribution in [0.2, 0.25) is 5.02 Å². The third-order valence-corrected chi connectivity index (χ3v) is 4.95. The highest BCUT2D eigenvalue weighted by Gasteiger charge is 2.18. The predicted molar refractivity (Wildman–Crippen MR) is 99.3 cm³/mol. The van der Waals surface area contributed by atoms with Gasteiger partial charge in [-0.3, -0.25) is 14.2 Å². The van der Waals surface area contributed by atoms with Crippen molar-refractivity contribution in [1.82, 2.24) is 19.6 Å². The zero-order valence-electron chi connectivity index (χ0n) is 12.8. The van der Waals surface area contributed by atoms with E-state index in [1.807, 2.05) is 0 Å². The fourth-order valence-electron chi connectivity index (χ4n) is 2.24. The van der Waals surface area contributed by atoms with Crippen LogP contribution in [0.3, 0.4) is 0 Å². The van der Waals surface area contributed by atoms with Gasteiger partial charge < -0.3 is 5.32 Å². The molecule has 6 nitrogen and oxygen atoms in total. The highest BCUT2D eigenvalue weighted by Crippen LogP contribution is 2.25. The van der Waals surface area contributed by atoms with Crippen molar-refractivity contribution in [2.45, 2.75) is 6.54 Å². The lowest BCUT2D eigenvalue weighted by Gasteiger charge is -2.06. The zero-order chi connectivity index (χ0) is 18.1. The summed E-state index contributed by atoms with van der Waals surface area (Å²) in [7, 11) is 1.66. The number of aryl methyl sites for hydroxylation is 1. The first-order valence-electron chi connectivity index (χ1n) is 7.01. The van der Waals surface area contributed by atoms with Gasteiger partial charge in [-0.05, 0) is 44.0 Å². The maximum Gasteiger partial charge on any atom is 0.276 e. The molecule has 0 bridgehead atoms. The summed E-state index contributed by atoms with van der Waals surface area (Å²) < 4.78 is 18.0. The van der Waals surface area contributed by atoms with Gasteiger partial charge in [-0.15, -0.1) is 0 Å².